The van der Waals surface area contributed by atoms with Crippen molar-refractivity contribution in [3.05, 3.63) is 29.8 Å². The van der Waals surface area contributed by atoms with Gasteiger partial charge in [0.05, 0.1) is 6.61 Å². The highest BCUT2D eigenvalue weighted by atomic mass is 16.5. The fourth-order valence-electron chi connectivity index (χ4n) is 2.09. The van der Waals surface area contributed by atoms with E-state index in [9.17, 15) is 0 Å². The first-order valence-corrected chi connectivity index (χ1v) is 5.90. The maximum Gasteiger partial charge on any atom is 0.119 e. The summed E-state index contributed by atoms with van der Waals surface area (Å²) in [4.78, 5) is 0. The minimum atomic E-state index is 0.0631. The van der Waals surface area contributed by atoms with Crippen LogP contribution in [0.5, 0.6) is 5.75 Å². The van der Waals surface area contributed by atoms with E-state index in [1.54, 1.807) is 0 Å². The summed E-state index contributed by atoms with van der Waals surface area (Å²) >= 11 is 0. The van der Waals surface area contributed by atoms with E-state index in [1.165, 1.54) is 0 Å². The van der Waals surface area contributed by atoms with Gasteiger partial charge in [-0.15, -0.1) is 0 Å². The molecule has 1 atom stereocenters. The highest BCUT2D eigenvalue weighted by molar-refractivity contribution is 5.31. The SMILES string of the molecule is CCOc1ccc(C(N)C2(CN)CC2)cc1. The topological polar surface area (TPSA) is 61.3 Å². The molecule has 3 heteroatoms. The molecule has 0 spiro atoms. The molecule has 0 bridgehead atoms. The molecule has 1 aliphatic rings. The Kier molecular flexibility index (Phi) is 3.17. The molecule has 0 amide bonds. The first-order valence-electron chi connectivity index (χ1n) is 5.90. The van der Waals surface area contributed by atoms with Crippen molar-refractivity contribution < 1.29 is 4.74 Å². The van der Waals surface area contributed by atoms with Crippen LogP contribution < -0.4 is 16.2 Å². The second-order valence-electron chi connectivity index (χ2n) is 4.55. The van der Waals surface area contributed by atoms with Crippen LogP contribution in [0.15, 0.2) is 24.3 Å². The van der Waals surface area contributed by atoms with Crippen LogP contribution in [0.25, 0.3) is 0 Å². The zero-order valence-corrected chi connectivity index (χ0v) is 9.78. The van der Waals surface area contributed by atoms with Crippen LogP contribution in [0.4, 0.5) is 0 Å². The average Bonchev–Trinajstić information content (AvgIpc) is 3.10. The third-order valence-corrected chi connectivity index (χ3v) is 3.51. The van der Waals surface area contributed by atoms with Gasteiger partial charge < -0.3 is 16.2 Å². The van der Waals surface area contributed by atoms with E-state index < -0.39 is 0 Å². The van der Waals surface area contributed by atoms with Gasteiger partial charge in [0.1, 0.15) is 5.75 Å². The minimum absolute atomic E-state index is 0.0631. The van der Waals surface area contributed by atoms with E-state index in [1.807, 2.05) is 31.2 Å². The minimum Gasteiger partial charge on any atom is -0.494 e. The molecule has 0 aromatic heterocycles. The molecule has 4 N–H and O–H groups in total. The standard InChI is InChI=1S/C13H20N2O/c1-2-16-11-5-3-10(4-6-11)12(15)13(9-14)7-8-13/h3-6,12H,2,7-9,14-15H2,1H3. The molecule has 1 saturated carbocycles. The zero-order valence-electron chi connectivity index (χ0n) is 9.78. The van der Waals surface area contributed by atoms with Crippen LogP contribution in [0.3, 0.4) is 0 Å². The predicted octanol–water partition coefficient (Wildman–Crippen LogP) is 1.82. The van der Waals surface area contributed by atoms with Gasteiger partial charge >= 0.3 is 0 Å². The van der Waals surface area contributed by atoms with Crippen molar-refractivity contribution in [1.82, 2.24) is 0 Å². The van der Waals surface area contributed by atoms with Crippen LogP contribution in [0.2, 0.25) is 0 Å². The Balaban J connectivity index is 2.09. The second kappa shape index (κ2) is 4.44. The van der Waals surface area contributed by atoms with E-state index >= 15 is 0 Å². The summed E-state index contributed by atoms with van der Waals surface area (Å²) in [7, 11) is 0. The first-order chi connectivity index (χ1) is 7.72. The maximum absolute atomic E-state index is 6.25. The van der Waals surface area contributed by atoms with Crippen molar-refractivity contribution in [2.24, 2.45) is 16.9 Å². The van der Waals surface area contributed by atoms with Gasteiger partial charge in [0.15, 0.2) is 0 Å². The summed E-state index contributed by atoms with van der Waals surface area (Å²) in [5.74, 6) is 0.899. The zero-order chi connectivity index (χ0) is 11.6. The largest absolute Gasteiger partial charge is 0.494 e. The van der Waals surface area contributed by atoms with Gasteiger partial charge in [0.25, 0.3) is 0 Å². The van der Waals surface area contributed by atoms with E-state index in [0.29, 0.717) is 13.2 Å². The lowest BCUT2D eigenvalue weighted by molar-refractivity contribution is 0.339. The summed E-state index contributed by atoms with van der Waals surface area (Å²) in [6.07, 6.45) is 2.30. The van der Waals surface area contributed by atoms with E-state index in [4.69, 9.17) is 16.2 Å². The Morgan fingerprint density at radius 3 is 2.38 bits per heavy atom. The smallest absolute Gasteiger partial charge is 0.119 e. The highest BCUT2D eigenvalue weighted by Crippen LogP contribution is 2.52. The quantitative estimate of drug-likeness (QED) is 0.795. The molecule has 1 fully saturated rings. The van der Waals surface area contributed by atoms with Gasteiger partial charge in [-0.2, -0.15) is 0 Å². The molecule has 3 nitrogen and oxygen atoms in total. The maximum atomic E-state index is 6.25. The molecule has 0 radical (unpaired) electrons. The van der Waals surface area contributed by atoms with Crippen molar-refractivity contribution in [3.63, 3.8) is 0 Å². The fraction of sp³-hybridized carbons (Fsp3) is 0.538. The van der Waals surface area contributed by atoms with Gasteiger partial charge in [0.2, 0.25) is 0 Å². The Morgan fingerprint density at radius 1 is 1.31 bits per heavy atom. The summed E-state index contributed by atoms with van der Waals surface area (Å²) in [6, 6.07) is 8.11. The molecule has 16 heavy (non-hydrogen) atoms. The Hall–Kier alpha value is -1.06. The van der Waals surface area contributed by atoms with Gasteiger partial charge in [-0.05, 0) is 44.0 Å². The van der Waals surface area contributed by atoms with Crippen LogP contribution in [0.1, 0.15) is 31.4 Å². The van der Waals surface area contributed by atoms with Crippen LogP contribution in [-0.4, -0.2) is 13.2 Å². The predicted molar refractivity (Wildman–Crippen MR) is 65.3 cm³/mol. The van der Waals surface area contributed by atoms with Crippen molar-refractivity contribution in [3.8, 4) is 5.75 Å². The third kappa shape index (κ3) is 2.06. The molecular weight excluding hydrogens is 200 g/mol. The lowest BCUT2D eigenvalue weighted by Crippen LogP contribution is -2.29. The van der Waals surface area contributed by atoms with Crippen molar-refractivity contribution >= 4 is 0 Å². The van der Waals surface area contributed by atoms with E-state index in [0.717, 1.165) is 24.2 Å². The Bertz CT molecular complexity index is 343. The molecule has 0 saturated heterocycles. The molecule has 2 rings (SSSR count). The highest BCUT2D eigenvalue weighted by Gasteiger charge is 2.47. The van der Waals surface area contributed by atoms with Crippen LogP contribution in [0, 0.1) is 5.41 Å². The first kappa shape index (κ1) is 11.4. The molecule has 0 aliphatic heterocycles. The molecule has 1 aromatic rings. The third-order valence-electron chi connectivity index (χ3n) is 3.51. The summed E-state index contributed by atoms with van der Waals surface area (Å²) in [5.41, 5.74) is 13.3. The van der Waals surface area contributed by atoms with E-state index in [2.05, 4.69) is 0 Å². The lowest BCUT2D eigenvalue weighted by atomic mass is 9.91. The van der Waals surface area contributed by atoms with Gasteiger partial charge in [-0.25, -0.2) is 0 Å². The van der Waals surface area contributed by atoms with Crippen molar-refractivity contribution in [2.75, 3.05) is 13.2 Å². The molecule has 0 heterocycles. The summed E-state index contributed by atoms with van der Waals surface area (Å²) in [6.45, 7) is 3.35. The molecule has 88 valence electrons. The fourth-order valence-corrected chi connectivity index (χ4v) is 2.09. The van der Waals surface area contributed by atoms with Crippen molar-refractivity contribution in [1.29, 1.82) is 0 Å². The van der Waals surface area contributed by atoms with Gasteiger partial charge in [-0.3, -0.25) is 0 Å². The van der Waals surface area contributed by atoms with Crippen LogP contribution in [-0.2, 0) is 0 Å². The Morgan fingerprint density at radius 2 is 1.94 bits per heavy atom. The molecule has 1 aliphatic carbocycles. The molecule has 1 aromatic carbocycles. The lowest BCUT2D eigenvalue weighted by Gasteiger charge is -2.22. The normalized spacial score (nSPS) is 19.2. The number of rotatable bonds is 5. The second-order valence-corrected chi connectivity index (χ2v) is 4.55. The van der Waals surface area contributed by atoms with Crippen LogP contribution >= 0.6 is 0 Å². The van der Waals surface area contributed by atoms with Gasteiger partial charge in [-0.1, -0.05) is 12.1 Å². The number of hydrogen-bond acceptors (Lipinski definition) is 3. The number of benzene rings is 1. The van der Waals surface area contributed by atoms with E-state index in [-0.39, 0.29) is 11.5 Å². The number of nitrogens with two attached hydrogens (primary N) is 2. The van der Waals surface area contributed by atoms with Gasteiger partial charge in [0, 0.05) is 11.5 Å². The number of hydrogen-bond donors (Lipinski definition) is 2. The summed E-state index contributed by atoms with van der Waals surface area (Å²) < 4.78 is 5.40. The van der Waals surface area contributed by atoms with Crippen molar-refractivity contribution in [2.45, 2.75) is 25.8 Å². The molecule has 1 unspecified atom stereocenters. The Labute approximate surface area is 96.8 Å². The monoisotopic (exact) mass is 220 g/mol. The summed E-state index contributed by atoms with van der Waals surface area (Å²) in [5, 5.41) is 0. The number of ether oxygens (including phenoxy) is 1. The average molecular weight is 220 g/mol. The molecular formula is C13H20N2O.